The van der Waals surface area contributed by atoms with Crippen molar-refractivity contribution in [3.8, 4) is 0 Å². The molecule has 0 radical (unpaired) electrons. The molecule has 5 nitrogen and oxygen atoms in total. The molecule has 1 fully saturated rings. The lowest BCUT2D eigenvalue weighted by Gasteiger charge is -2.25. The molecule has 2 unspecified atom stereocenters. The van der Waals surface area contributed by atoms with Crippen LogP contribution in [-0.2, 0) is 4.79 Å². The number of hydrogen-bond donors (Lipinski definition) is 3. The second kappa shape index (κ2) is 6.80. The molecule has 1 aliphatic carbocycles. The number of carboxylic acids is 1. The Morgan fingerprint density at radius 1 is 1.24 bits per heavy atom. The Kier molecular flexibility index (Phi) is 5.07. The largest absolute Gasteiger partial charge is 0.481 e. The molecular formula is C15H19ClN2O3. The predicted molar refractivity (Wildman–Crippen MR) is 81.6 cm³/mol. The summed E-state index contributed by atoms with van der Waals surface area (Å²) >= 11 is 5.96. The second-order valence-corrected chi connectivity index (χ2v) is 5.82. The summed E-state index contributed by atoms with van der Waals surface area (Å²) in [5.41, 5.74) is 6.19. The number of aliphatic carboxylic acids is 1. The van der Waals surface area contributed by atoms with Crippen LogP contribution in [0.4, 0.5) is 5.69 Å². The van der Waals surface area contributed by atoms with Gasteiger partial charge in [-0.05, 0) is 31.0 Å². The van der Waals surface area contributed by atoms with Gasteiger partial charge in [0.05, 0.1) is 11.5 Å². The maximum absolute atomic E-state index is 11.5. The highest BCUT2D eigenvalue weighted by Gasteiger charge is 2.30. The quantitative estimate of drug-likeness (QED) is 0.746. The van der Waals surface area contributed by atoms with E-state index in [0.717, 1.165) is 25.7 Å². The van der Waals surface area contributed by atoms with Crippen molar-refractivity contribution >= 4 is 29.2 Å². The third-order valence-corrected chi connectivity index (χ3v) is 4.16. The van der Waals surface area contributed by atoms with Crippen LogP contribution in [0.3, 0.4) is 0 Å². The molecule has 2 rings (SSSR count). The number of primary amides is 1. The lowest BCUT2D eigenvalue weighted by molar-refractivity contribution is -0.142. The van der Waals surface area contributed by atoms with Crippen LogP contribution in [0.1, 0.15) is 42.5 Å². The number of halogens is 1. The fraction of sp³-hybridized carbons (Fsp3) is 0.467. The molecule has 1 aromatic carbocycles. The van der Waals surface area contributed by atoms with Crippen LogP contribution < -0.4 is 11.1 Å². The minimum Gasteiger partial charge on any atom is -0.481 e. The number of anilines is 1. The Morgan fingerprint density at radius 3 is 2.62 bits per heavy atom. The summed E-state index contributed by atoms with van der Waals surface area (Å²) in [5, 5.41) is 13.0. The molecule has 4 N–H and O–H groups in total. The van der Waals surface area contributed by atoms with Gasteiger partial charge in [0, 0.05) is 16.8 Å². The first kappa shape index (κ1) is 15.6. The Bertz CT molecular complexity index is 548. The molecule has 0 spiro atoms. The topological polar surface area (TPSA) is 92.4 Å². The molecule has 21 heavy (non-hydrogen) atoms. The molecule has 1 aromatic rings. The zero-order valence-corrected chi connectivity index (χ0v) is 12.4. The van der Waals surface area contributed by atoms with Crippen molar-refractivity contribution in [3.63, 3.8) is 0 Å². The zero-order valence-electron chi connectivity index (χ0n) is 11.6. The average Bonchev–Trinajstić information content (AvgIpc) is 2.64. The van der Waals surface area contributed by atoms with Crippen molar-refractivity contribution in [3.05, 3.63) is 28.8 Å². The second-order valence-electron chi connectivity index (χ2n) is 5.39. The molecule has 0 aliphatic heterocycles. The first-order valence-corrected chi connectivity index (χ1v) is 7.45. The van der Waals surface area contributed by atoms with Crippen molar-refractivity contribution in [2.45, 2.75) is 38.1 Å². The molecular weight excluding hydrogens is 292 g/mol. The van der Waals surface area contributed by atoms with Crippen molar-refractivity contribution in [1.29, 1.82) is 0 Å². The summed E-state index contributed by atoms with van der Waals surface area (Å²) < 4.78 is 0. The monoisotopic (exact) mass is 310 g/mol. The van der Waals surface area contributed by atoms with Gasteiger partial charge in [-0.1, -0.05) is 30.9 Å². The molecule has 2 atom stereocenters. The average molecular weight is 311 g/mol. The summed E-state index contributed by atoms with van der Waals surface area (Å²) in [7, 11) is 0. The summed E-state index contributed by atoms with van der Waals surface area (Å²) in [6, 6.07) is 4.54. The molecule has 1 amide bonds. The highest BCUT2D eigenvalue weighted by molar-refractivity contribution is 6.31. The van der Waals surface area contributed by atoms with Crippen LogP contribution in [0.15, 0.2) is 18.2 Å². The van der Waals surface area contributed by atoms with E-state index in [1.165, 1.54) is 0 Å². The Balaban J connectivity index is 2.27. The van der Waals surface area contributed by atoms with Gasteiger partial charge in [0.1, 0.15) is 0 Å². The van der Waals surface area contributed by atoms with E-state index in [4.69, 9.17) is 17.3 Å². The Morgan fingerprint density at radius 2 is 1.95 bits per heavy atom. The molecule has 114 valence electrons. The van der Waals surface area contributed by atoms with Crippen molar-refractivity contribution in [1.82, 2.24) is 0 Å². The van der Waals surface area contributed by atoms with Crippen LogP contribution in [0, 0.1) is 5.92 Å². The first-order valence-electron chi connectivity index (χ1n) is 7.07. The molecule has 0 heterocycles. The van der Waals surface area contributed by atoms with Gasteiger partial charge in [-0.15, -0.1) is 0 Å². The van der Waals surface area contributed by atoms with E-state index in [1.54, 1.807) is 18.2 Å². The van der Waals surface area contributed by atoms with E-state index in [0.29, 0.717) is 22.7 Å². The fourth-order valence-electron chi connectivity index (χ4n) is 2.83. The minimum absolute atomic E-state index is 0.221. The number of nitrogens with two attached hydrogens (primary N) is 1. The Labute approximate surface area is 128 Å². The molecule has 6 heteroatoms. The number of hydrogen-bond acceptors (Lipinski definition) is 3. The van der Waals surface area contributed by atoms with Crippen molar-refractivity contribution in [2.75, 3.05) is 5.32 Å². The standard InChI is InChI=1S/C15H19ClN2O3/c16-9-6-7-10(14(17)19)13(8-9)18-12-5-3-1-2-4-11(12)15(20)21/h6-8,11-12,18H,1-5H2,(H2,17,19)(H,20,21). The van der Waals surface area contributed by atoms with Gasteiger partial charge in [-0.2, -0.15) is 0 Å². The molecule has 0 bridgehead atoms. The summed E-state index contributed by atoms with van der Waals surface area (Å²) in [4.78, 5) is 22.9. The van der Waals surface area contributed by atoms with Gasteiger partial charge in [0.2, 0.25) is 0 Å². The van der Waals surface area contributed by atoms with E-state index in [9.17, 15) is 14.7 Å². The third kappa shape index (κ3) is 3.88. The van der Waals surface area contributed by atoms with Gasteiger partial charge in [-0.25, -0.2) is 0 Å². The van der Waals surface area contributed by atoms with Crippen LogP contribution in [0.25, 0.3) is 0 Å². The van der Waals surface area contributed by atoms with E-state index in [-0.39, 0.29) is 6.04 Å². The molecule has 1 saturated carbocycles. The fourth-order valence-corrected chi connectivity index (χ4v) is 3.00. The third-order valence-electron chi connectivity index (χ3n) is 3.92. The van der Waals surface area contributed by atoms with E-state index >= 15 is 0 Å². The maximum atomic E-state index is 11.5. The van der Waals surface area contributed by atoms with Crippen LogP contribution in [-0.4, -0.2) is 23.0 Å². The minimum atomic E-state index is -0.808. The highest BCUT2D eigenvalue weighted by atomic mass is 35.5. The zero-order chi connectivity index (χ0) is 15.4. The summed E-state index contributed by atoms with van der Waals surface area (Å²) in [5.74, 6) is -1.83. The molecule has 0 aromatic heterocycles. The SMILES string of the molecule is NC(=O)c1ccc(Cl)cc1NC1CCCCCC1C(=O)O. The smallest absolute Gasteiger partial charge is 0.308 e. The summed E-state index contributed by atoms with van der Waals surface area (Å²) in [6.45, 7) is 0. The van der Waals surface area contributed by atoms with Gasteiger partial charge in [-0.3, -0.25) is 9.59 Å². The molecule has 0 saturated heterocycles. The number of carbonyl (C=O) groups is 2. The molecule has 1 aliphatic rings. The van der Waals surface area contributed by atoms with Gasteiger partial charge in [0.25, 0.3) is 5.91 Å². The number of carbonyl (C=O) groups excluding carboxylic acids is 1. The van der Waals surface area contributed by atoms with E-state index < -0.39 is 17.8 Å². The van der Waals surface area contributed by atoms with Gasteiger partial charge >= 0.3 is 5.97 Å². The first-order chi connectivity index (χ1) is 9.99. The normalized spacial score (nSPS) is 22.3. The lowest BCUT2D eigenvalue weighted by Crippen LogP contribution is -2.34. The Hall–Kier alpha value is -1.75. The lowest BCUT2D eigenvalue weighted by atomic mass is 9.94. The predicted octanol–water partition coefficient (Wildman–Crippen LogP) is 2.88. The van der Waals surface area contributed by atoms with Crippen LogP contribution in [0.2, 0.25) is 5.02 Å². The van der Waals surface area contributed by atoms with Crippen LogP contribution >= 0.6 is 11.6 Å². The van der Waals surface area contributed by atoms with Gasteiger partial charge < -0.3 is 16.2 Å². The van der Waals surface area contributed by atoms with E-state index in [2.05, 4.69) is 5.32 Å². The highest BCUT2D eigenvalue weighted by Crippen LogP contribution is 2.29. The van der Waals surface area contributed by atoms with Gasteiger partial charge in [0.15, 0.2) is 0 Å². The number of benzene rings is 1. The summed E-state index contributed by atoms with van der Waals surface area (Å²) in [6.07, 6.45) is 4.29. The number of carboxylic acid groups (broad SMARTS) is 1. The number of amides is 1. The van der Waals surface area contributed by atoms with Crippen molar-refractivity contribution in [2.24, 2.45) is 11.7 Å². The van der Waals surface area contributed by atoms with Crippen LogP contribution in [0.5, 0.6) is 0 Å². The maximum Gasteiger partial charge on any atom is 0.308 e. The number of rotatable bonds is 4. The number of nitrogens with one attached hydrogen (secondary N) is 1. The van der Waals surface area contributed by atoms with E-state index in [1.807, 2.05) is 0 Å². The van der Waals surface area contributed by atoms with Crippen molar-refractivity contribution < 1.29 is 14.7 Å².